The third-order valence-electron chi connectivity index (χ3n) is 3.84. The Morgan fingerprint density at radius 3 is 2.61 bits per heavy atom. The summed E-state index contributed by atoms with van der Waals surface area (Å²) < 4.78 is 20.0. The van der Waals surface area contributed by atoms with Crippen molar-refractivity contribution in [2.24, 2.45) is 0 Å². The predicted octanol–water partition coefficient (Wildman–Crippen LogP) is 3.99. The molecule has 0 bridgehead atoms. The molecule has 1 unspecified atom stereocenters. The molecule has 3 rings (SSSR count). The maximum atomic E-state index is 12.9. The normalized spacial score (nSPS) is 12.1. The van der Waals surface area contributed by atoms with Crippen LogP contribution in [0.4, 0.5) is 10.1 Å². The van der Waals surface area contributed by atoms with Crippen LogP contribution in [0.1, 0.15) is 13.0 Å². The number of fused-ring (bicyclic) bond motifs is 1. The van der Waals surface area contributed by atoms with Gasteiger partial charge in [0.25, 0.3) is 0 Å². The molecule has 0 aliphatic carbocycles. The molecule has 0 aliphatic heterocycles. The summed E-state index contributed by atoms with van der Waals surface area (Å²) in [5, 5.41) is 3.80. The Hall–Kier alpha value is -2.82. The molecule has 3 aromatic rings. The second-order valence-corrected chi connectivity index (χ2v) is 5.32. The minimum atomic E-state index is -0.397. The molecule has 1 atom stereocenters. The van der Waals surface area contributed by atoms with Gasteiger partial charge in [0, 0.05) is 22.8 Å². The Labute approximate surface area is 133 Å². The molecule has 5 heteroatoms. The van der Waals surface area contributed by atoms with Crippen molar-refractivity contribution in [3.8, 4) is 5.75 Å². The lowest BCUT2D eigenvalue weighted by Gasteiger charge is -2.15. The van der Waals surface area contributed by atoms with Gasteiger partial charge in [-0.25, -0.2) is 4.39 Å². The van der Waals surface area contributed by atoms with Crippen LogP contribution < -0.4 is 10.1 Å². The molecule has 4 nitrogen and oxygen atoms in total. The quantitative estimate of drug-likeness (QED) is 0.791. The molecular formula is C18H17FN2O2. The van der Waals surface area contributed by atoms with Gasteiger partial charge in [0.05, 0.1) is 7.11 Å². The fraction of sp³-hybridized carbons (Fsp3) is 0.167. The fourth-order valence-electron chi connectivity index (χ4n) is 2.51. The van der Waals surface area contributed by atoms with Crippen molar-refractivity contribution in [1.82, 2.24) is 4.57 Å². The number of anilines is 1. The summed E-state index contributed by atoms with van der Waals surface area (Å²) >= 11 is 0. The van der Waals surface area contributed by atoms with Gasteiger partial charge in [0.2, 0.25) is 5.91 Å². The average Bonchev–Trinajstić information content (AvgIpc) is 2.99. The van der Waals surface area contributed by atoms with E-state index in [0.717, 1.165) is 16.7 Å². The second kappa shape index (κ2) is 6.12. The average molecular weight is 312 g/mol. The van der Waals surface area contributed by atoms with Crippen molar-refractivity contribution >= 4 is 22.5 Å². The van der Waals surface area contributed by atoms with Crippen molar-refractivity contribution in [3.63, 3.8) is 0 Å². The molecule has 1 heterocycles. The van der Waals surface area contributed by atoms with E-state index in [1.807, 2.05) is 42.0 Å². The Balaban J connectivity index is 1.83. The van der Waals surface area contributed by atoms with E-state index < -0.39 is 6.04 Å². The summed E-state index contributed by atoms with van der Waals surface area (Å²) in [6.07, 6.45) is 1.87. The van der Waals surface area contributed by atoms with E-state index >= 15 is 0 Å². The van der Waals surface area contributed by atoms with Gasteiger partial charge in [-0.1, -0.05) is 0 Å². The van der Waals surface area contributed by atoms with Crippen molar-refractivity contribution in [2.75, 3.05) is 12.4 Å². The van der Waals surface area contributed by atoms with E-state index in [2.05, 4.69) is 5.32 Å². The molecule has 0 saturated heterocycles. The summed E-state index contributed by atoms with van der Waals surface area (Å²) in [6, 6.07) is 13.0. The highest BCUT2D eigenvalue weighted by Gasteiger charge is 2.17. The summed E-state index contributed by atoms with van der Waals surface area (Å²) in [4.78, 5) is 12.4. The van der Waals surface area contributed by atoms with Gasteiger partial charge in [-0.3, -0.25) is 4.79 Å². The van der Waals surface area contributed by atoms with E-state index in [-0.39, 0.29) is 11.7 Å². The molecule has 1 amide bonds. The largest absolute Gasteiger partial charge is 0.497 e. The molecule has 118 valence electrons. The topological polar surface area (TPSA) is 43.3 Å². The molecule has 0 aliphatic rings. The van der Waals surface area contributed by atoms with Crippen molar-refractivity contribution in [3.05, 3.63) is 60.5 Å². The second-order valence-electron chi connectivity index (χ2n) is 5.32. The predicted molar refractivity (Wildman–Crippen MR) is 88.2 cm³/mol. The molecule has 23 heavy (non-hydrogen) atoms. The first-order valence-electron chi connectivity index (χ1n) is 7.29. The first-order chi connectivity index (χ1) is 11.1. The molecule has 0 saturated carbocycles. The summed E-state index contributed by atoms with van der Waals surface area (Å²) in [5.41, 5.74) is 1.52. The van der Waals surface area contributed by atoms with Gasteiger partial charge in [-0.15, -0.1) is 0 Å². The molecular weight excluding hydrogens is 295 g/mol. The van der Waals surface area contributed by atoms with Gasteiger partial charge in [0.15, 0.2) is 0 Å². The highest BCUT2D eigenvalue weighted by molar-refractivity contribution is 5.95. The zero-order valence-corrected chi connectivity index (χ0v) is 12.9. The van der Waals surface area contributed by atoms with E-state index in [0.29, 0.717) is 5.69 Å². The Morgan fingerprint density at radius 1 is 1.17 bits per heavy atom. The van der Waals surface area contributed by atoms with Crippen LogP contribution in [0.15, 0.2) is 54.7 Å². The van der Waals surface area contributed by atoms with Gasteiger partial charge in [-0.2, -0.15) is 0 Å². The lowest BCUT2D eigenvalue weighted by molar-refractivity contribution is -0.118. The number of methoxy groups -OCH3 is 1. The van der Waals surface area contributed by atoms with Crippen LogP contribution in [0.3, 0.4) is 0 Å². The van der Waals surface area contributed by atoms with E-state index in [1.165, 1.54) is 12.1 Å². The molecule has 2 aromatic carbocycles. The smallest absolute Gasteiger partial charge is 0.247 e. The number of carbonyl (C=O) groups excluding carboxylic acids is 1. The number of benzene rings is 2. The number of nitrogens with one attached hydrogen (secondary N) is 1. The van der Waals surface area contributed by atoms with Crippen molar-refractivity contribution in [2.45, 2.75) is 13.0 Å². The number of amides is 1. The minimum absolute atomic E-state index is 0.162. The monoisotopic (exact) mass is 312 g/mol. The summed E-state index contributed by atoms with van der Waals surface area (Å²) in [6.45, 7) is 1.82. The van der Waals surface area contributed by atoms with Crippen molar-refractivity contribution in [1.29, 1.82) is 0 Å². The first-order valence-corrected chi connectivity index (χ1v) is 7.29. The number of rotatable bonds is 4. The highest BCUT2D eigenvalue weighted by atomic mass is 19.1. The number of carbonyl (C=O) groups is 1. The van der Waals surface area contributed by atoms with Crippen LogP contribution in [0.2, 0.25) is 0 Å². The van der Waals surface area contributed by atoms with Gasteiger partial charge in [0.1, 0.15) is 17.6 Å². The molecule has 0 spiro atoms. The minimum Gasteiger partial charge on any atom is -0.497 e. The van der Waals surface area contributed by atoms with Gasteiger partial charge >= 0.3 is 0 Å². The van der Waals surface area contributed by atoms with Crippen LogP contribution >= 0.6 is 0 Å². The number of ether oxygens (including phenoxy) is 1. The third-order valence-corrected chi connectivity index (χ3v) is 3.84. The van der Waals surface area contributed by atoms with E-state index in [1.54, 1.807) is 19.2 Å². The van der Waals surface area contributed by atoms with Crippen LogP contribution in [0.5, 0.6) is 5.75 Å². The molecule has 1 N–H and O–H groups in total. The fourth-order valence-corrected chi connectivity index (χ4v) is 2.51. The van der Waals surface area contributed by atoms with E-state index in [9.17, 15) is 9.18 Å². The molecule has 1 aromatic heterocycles. The summed E-state index contributed by atoms with van der Waals surface area (Å²) in [5.74, 6) is 0.282. The lowest BCUT2D eigenvalue weighted by atomic mass is 10.2. The SMILES string of the molecule is COc1ccc2c(ccn2C(C)C(=O)Nc2ccc(F)cc2)c1. The maximum Gasteiger partial charge on any atom is 0.247 e. The number of nitrogens with zero attached hydrogens (tertiary/aromatic N) is 1. The zero-order chi connectivity index (χ0) is 16.4. The molecule has 0 fully saturated rings. The van der Waals surface area contributed by atoms with Gasteiger partial charge < -0.3 is 14.6 Å². The Morgan fingerprint density at radius 2 is 1.91 bits per heavy atom. The lowest BCUT2D eigenvalue weighted by Crippen LogP contribution is -2.23. The number of halogens is 1. The third kappa shape index (κ3) is 3.04. The van der Waals surface area contributed by atoms with Gasteiger partial charge in [-0.05, 0) is 55.5 Å². The first kappa shape index (κ1) is 15.1. The molecule has 0 radical (unpaired) electrons. The maximum absolute atomic E-state index is 12.9. The van der Waals surface area contributed by atoms with Crippen LogP contribution in [-0.2, 0) is 4.79 Å². The Kier molecular flexibility index (Phi) is 4.02. The zero-order valence-electron chi connectivity index (χ0n) is 12.9. The van der Waals surface area contributed by atoms with Crippen LogP contribution in [-0.4, -0.2) is 17.6 Å². The number of hydrogen-bond acceptors (Lipinski definition) is 2. The number of aromatic nitrogens is 1. The number of hydrogen-bond donors (Lipinski definition) is 1. The van der Waals surface area contributed by atoms with Crippen LogP contribution in [0, 0.1) is 5.82 Å². The standard InChI is InChI=1S/C18H17FN2O2/c1-12(18(22)20-15-5-3-14(19)4-6-15)21-10-9-13-11-16(23-2)7-8-17(13)21/h3-12H,1-2H3,(H,20,22). The highest BCUT2D eigenvalue weighted by Crippen LogP contribution is 2.25. The van der Waals surface area contributed by atoms with Crippen LogP contribution in [0.25, 0.3) is 10.9 Å². The Bertz CT molecular complexity index is 840. The van der Waals surface area contributed by atoms with Crippen molar-refractivity contribution < 1.29 is 13.9 Å². The van der Waals surface area contributed by atoms with E-state index in [4.69, 9.17) is 4.74 Å². The summed E-state index contributed by atoms with van der Waals surface area (Å²) in [7, 11) is 1.62.